The molecule has 0 radical (unpaired) electrons. The summed E-state index contributed by atoms with van der Waals surface area (Å²) in [7, 11) is 0. The first-order valence-corrected chi connectivity index (χ1v) is 6.74. The zero-order valence-corrected chi connectivity index (χ0v) is 11.3. The first-order valence-electron chi connectivity index (χ1n) is 6.74. The molecule has 0 bridgehead atoms. The maximum Gasteiger partial charge on any atom is 0.230 e. The van der Waals surface area contributed by atoms with Crippen LogP contribution >= 0.6 is 0 Å². The molecule has 0 saturated carbocycles. The van der Waals surface area contributed by atoms with Gasteiger partial charge in [0.2, 0.25) is 6.79 Å². The van der Waals surface area contributed by atoms with Gasteiger partial charge < -0.3 is 9.47 Å². The van der Waals surface area contributed by atoms with E-state index < -0.39 is 0 Å². The third-order valence-corrected chi connectivity index (χ3v) is 3.48. The highest BCUT2D eigenvalue weighted by Crippen LogP contribution is 2.30. The van der Waals surface area contributed by atoms with Crippen LogP contribution in [-0.2, 0) is 14.3 Å². The summed E-state index contributed by atoms with van der Waals surface area (Å²) in [6.07, 6.45) is 5.91. The smallest absolute Gasteiger partial charge is 0.230 e. The summed E-state index contributed by atoms with van der Waals surface area (Å²) in [5.41, 5.74) is 0.294. The molecule has 0 N–H and O–H groups in total. The SMILES string of the molecule is O=C(CCC(=O)C1C=CC2=C(C1)OCO2)c1cccnn1. The first-order chi connectivity index (χ1) is 10.2. The summed E-state index contributed by atoms with van der Waals surface area (Å²) in [5, 5.41) is 7.40. The van der Waals surface area contributed by atoms with Crippen LogP contribution in [0.25, 0.3) is 0 Å². The quantitative estimate of drug-likeness (QED) is 0.768. The monoisotopic (exact) mass is 286 g/mol. The van der Waals surface area contributed by atoms with Crippen molar-refractivity contribution in [2.75, 3.05) is 6.79 Å². The van der Waals surface area contributed by atoms with Crippen molar-refractivity contribution in [3.05, 3.63) is 47.7 Å². The zero-order valence-electron chi connectivity index (χ0n) is 11.3. The molecule has 6 heteroatoms. The second-order valence-corrected chi connectivity index (χ2v) is 4.86. The van der Waals surface area contributed by atoms with Crippen molar-refractivity contribution in [1.82, 2.24) is 10.2 Å². The van der Waals surface area contributed by atoms with Gasteiger partial charge in [0, 0.05) is 31.4 Å². The molecule has 108 valence electrons. The number of carbonyl (C=O) groups excluding carboxylic acids is 2. The molecule has 1 aliphatic carbocycles. The first kappa shape index (κ1) is 13.5. The normalized spacial score (nSPS) is 19.7. The maximum atomic E-state index is 12.2. The van der Waals surface area contributed by atoms with Gasteiger partial charge in [0.1, 0.15) is 17.2 Å². The molecular formula is C15H14N2O4. The van der Waals surface area contributed by atoms with Crippen LogP contribution < -0.4 is 0 Å². The summed E-state index contributed by atoms with van der Waals surface area (Å²) in [6.45, 7) is 0.209. The Hall–Kier alpha value is -2.50. The molecule has 6 nitrogen and oxygen atoms in total. The van der Waals surface area contributed by atoms with Gasteiger partial charge in [-0.15, -0.1) is 5.10 Å². The van der Waals surface area contributed by atoms with E-state index in [1.165, 1.54) is 6.20 Å². The summed E-state index contributed by atoms with van der Waals surface area (Å²) >= 11 is 0. The lowest BCUT2D eigenvalue weighted by Crippen LogP contribution is -2.17. The van der Waals surface area contributed by atoms with Gasteiger partial charge in [0.15, 0.2) is 11.5 Å². The van der Waals surface area contributed by atoms with Gasteiger partial charge in [-0.1, -0.05) is 6.08 Å². The van der Waals surface area contributed by atoms with Gasteiger partial charge in [-0.25, -0.2) is 0 Å². The highest BCUT2D eigenvalue weighted by Gasteiger charge is 2.27. The molecule has 1 unspecified atom stereocenters. The van der Waals surface area contributed by atoms with Crippen LogP contribution in [0.5, 0.6) is 0 Å². The summed E-state index contributed by atoms with van der Waals surface area (Å²) < 4.78 is 10.5. The second-order valence-electron chi connectivity index (χ2n) is 4.86. The lowest BCUT2D eigenvalue weighted by atomic mass is 9.91. The Bertz CT molecular complexity index is 622. The fourth-order valence-electron chi connectivity index (χ4n) is 2.31. The summed E-state index contributed by atoms with van der Waals surface area (Å²) in [6, 6.07) is 3.25. The molecule has 1 aliphatic heterocycles. The van der Waals surface area contributed by atoms with E-state index in [0.717, 1.165) is 5.76 Å². The average Bonchev–Trinajstić information content (AvgIpc) is 3.00. The van der Waals surface area contributed by atoms with Crippen LogP contribution in [0.15, 0.2) is 42.0 Å². The van der Waals surface area contributed by atoms with Gasteiger partial charge in [-0.3, -0.25) is 9.59 Å². The number of ether oxygens (including phenoxy) is 2. The number of hydrogen-bond acceptors (Lipinski definition) is 6. The highest BCUT2D eigenvalue weighted by molar-refractivity contribution is 5.97. The Labute approximate surface area is 121 Å². The molecule has 2 heterocycles. The lowest BCUT2D eigenvalue weighted by molar-refractivity contribution is -0.121. The van der Waals surface area contributed by atoms with Crippen molar-refractivity contribution in [3.8, 4) is 0 Å². The number of hydrogen-bond donors (Lipinski definition) is 0. The Morgan fingerprint density at radius 2 is 2.19 bits per heavy atom. The van der Waals surface area contributed by atoms with Crippen molar-refractivity contribution < 1.29 is 19.1 Å². The van der Waals surface area contributed by atoms with E-state index in [-0.39, 0.29) is 37.1 Å². The topological polar surface area (TPSA) is 78.4 Å². The largest absolute Gasteiger partial charge is 0.458 e. The fraction of sp³-hybridized carbons (Fsp3) is 0.333. The van der Waals surface area contributed by atoms with Gasteiger partial charge >= 0.3 is 0 Å². The molecule has 1 aromatic heterocycles. The number of ketones is 2. The molecule has 21 heavy (non-hydrogen) atoms. The van der Waals surface area contributed by atoms with Crippen molar-refractivity contribution in [1.29, 1.82) is 0 Å². The standard InChI is InChI=1S/C15H14N2O4/c18-12(4-5-13(19)11-2-1-7-16-17-11)10-3-6-14-15(8-10)21-9-20-14/h1-3,6-7,10H,4-5,8-9H2. The molecule has 3 rings (SSSR count). The van der Waals surface area contributed by atoms with Gasteiger partial charge in [0.05, 0.1) is 0 Å². The minimum Gasteiger partial charge on any atom is -0.458 e. The molecule has 1 aromatic rings. The Morgan fingerprint density at radius 3 is 3.00 bits per heavy atom. The average molecular weight is 286 g/mol. The van der Waals surface area contributed by atoms with Crippen LogP contribution in [0.1, 0.15) is 29.8 Å². The number of Topliss-reactive ketones (excluding diaryl/α,β-unsaturated/α-hetero) is 2. The second kappa shape index (κ2) is 5.87. The Morgan fingerprint density at radius 1 is 1.29 bits per heavy atom. The van der Waals surface area contributed by atoms with E-state index >= 15 is 0 Å². The molecule has 0 amide bonds. The molecular weight excluding hydrogens is 272 g/mol. The van der Waals surface area contributed by atoms with E-state index in [4.69, 9.17) is 9.47 Å². The minimum atomic E-state index is -0.250. The number of carbonyl (C=O) groups is 2. The third-order valence-electron chi connectivity index (χ3n) is 3.48. The number of aromatic nitrogens is 2. The highest BCUT2D eigenvalue weighted by atomic mass is 16.7. The van der Waals surface area contributed by atoms with Gasteiger partial charge in [0.25, 0.3) is 0 Å². The van der Waals surface area contributed by atoms with E-state index in [2.05, 4.69) is 10.2 Å². The molecule has 2 aliphatic rings. The van der Waals surface area contributed by atoms with Crippen molar-refractivity contribution in [2.24, 2.45) is 5.92 Å². The Balaban J connectivity index is 1.53. The van der Waals surface area contributed by atoms with E-state index in [0.29, 0.717) is 17.9 Å². The Kier molecular flexibility index (Phi) is 3.77. The van der Waals surface area contributed by atoms with Crippen LogP contribution in [0.4, 0.5) is 0 Å². The minimum absolute atomic E-state index is 0.0190. The number of nitrogens with zero attached hydrogens (tertiary/aromatic N) is 2. The van der Waals surface area contributed by atoms with E-state index in [9.17, 15) is 9.59 Å². The lowest BCUT2D eigenvalue weighted by Gasteiger charge is -2.14. The molecule has 0 spiro atoms. The van der Waals surface area contributed by atoms with Gasteiger partial charge in [-0.2, -0.15) is 5.10 Å². The molecule has 0 fully saturated rings. The number of rotatable bonds is 5. The van der Waals surface area contributed by atoms with Gasteiger partial charge in [-0.05, 0) is 18.2 Å². The predicted octanol–water partition coefficient (Wildman–Crippen LogP) is 1.80. The van der Waals surface area contributed by atoms with Crippen LogP contribution in [0.2, 0.25) is 0 Å². The fourth-order valence-corrected chi connectivity index (χ4v) is 2.31. The molecule has 0 saturated heterocycles. The van der Waals surface area contributed by atoms with Crippen LogP contribution in [0.3, 0.4) is 0 Å². The van der Waals surface area contributed by atoms with Crippen LogP contribution in [0, 0.1) is 5.92 Å². The molecule has 1 atom stereocenters. The van der Waals surface area contributed by atoms with Crippen LogP contribution in [-0.4, -0.2) is 28.6 Å². The van der Waals surface area contributed by atoms with Crippen molar-refractivity contribution in [2.45, 2.75) is 19.3 Å². The maximum absolute atomic E-state index is 12.2. The van der Waals surface area contributed by atoms with Crippen molar-refractivity contribution >= 4 is 11.6 Å². The zero-order chi connectivity index (χ0) is 14.7. The van der Waals surface area contributed by atoms with E-state index in [1.807, 2.05) is 6.08 Å². The van der Waals surface area contributed by atoms with E-state index in [1.54, 1.807) is 18.2 Å². The molecule has 0 aromatic carbocycles. The summed E-state index contributed by atoms with van der Waals surface area (Å²) in [5.74, 6) is 1.02. The van der Waals surface area contributed by atoms with Crippen molar-refractivity contribution in [3.63, 3.8) is 0 Å². The predicted molar refractivity (Wildman–Crippen MR) is 71.9 cm³/mol. The number of allylic oxidation sites excluding steroid dienone is 3. The third kappa shape index (κ3) is 2.99. The summed E-state index contributed by atoms with van der Waals surface area (Å²) in [4.78, 5) is 24.1.